The molecule has 3 nitrogen and oxygen atoms in total. The highest BCUT2D eigenvalue weighted by Gasteiger charge is 2.09. The van der Waals surface area contributed by atoms with Crippen molar-refractivity contribution in [1.29, 1.82) is 0 Å². The Balaban J connectivity index is 1.87. The molecule has 0 aliphatic rings. The van der Waals surface area contributed by atoms with Crippen LogP contribution in [-0.4, -0.2) is 12.6 Å². The van der Waals surface area contributed by atoms with E-state index in [1.165, 1.54) is 11.1 Å². The van der Waals surface area contributed by atoms with Crippen LogP contribution in [0.1, 0.15) is 11.1 Å². The van der Waals surface area contributed by atoms with Crippen LogP contribution in [0.2, 0.25) is 10.0 Å². The summed E-state index contributed by atoms with van der Waals surface area (Å²) in [6.07, 6.45) is 0.774. The van der Waals surface area contributed by atoms with Gasteiger partial charge in [0.1, 0.15) is 0 Å². The lowest BCUT2D eigenvalue weighted by Crippen LogP contribution is -2.30. The molecule has 0 unspecified atom stereocenters. The third-order valence-corrected chi connectivity index (χ3v) is 3.77. The molecule has 0 bridgehead atoms. The third-order valence-electron chi connectivity index (χ3n) is 3.14. The van der Waals surface area contributed by atoms with E-state index < -0.39 is 0 Å². The quantitative estimate of drug-likeness (QED) is 0.844. The van der Waals surface area contributed by atoms with Gasteiger partial charge >= 0.3 is 6.03 Å². The number of urea groups is 1. The zero-order valence-electron chi connectivity index (χ0n) is 11.6. The average molecular weight is 323 g/mol. The zero-order valence-corrected chi connectivity index (χ0v) is 13.1. The Bertz CT molecular complexity index is 624. The molecular formula is C16H16Cl2N2O. The molecule has 2 rings (SSSR count). The summed E-state index contributed by atoms with van der Waals surface area (Å²) >= 11 is 12.0. The molecule has 2 aromatic carbocycles. The monoisotopic (exact) mass is 322 g/mol. The highest BCUT2D eigenvalue weighted by Crippen LogP contribution is 2.29. The van der Waals surface area contributed by atoms with Gasteiger partial charge in [-0.1, -0.05) is 53.5 Å². The lowest BCUT2D eigenvalue weighted by Gasteiger charge is -2.11. The van der Waals surface area contributed by atoms with E-state index in [0.29, 0.717) is 22.3 Å². The van der Waals surface area contributed by atoms with Gasteiger partial charge in [0.2, 0.25) is 0 Å². The van der Waals surface area contributed by atoms with Gasteiger partial charge in [0.05, 0.1) is 15.7 Å². The minimum Gasteiger partial charge on any atom is -0.338 e. The number of nitrogens with one attached hydrogen (secondary N) is 2. The van der Waals surface area contributed by atoms with Crippen molar-refractivity contribution in [3.05, 3.63) is 63.6 Å². The first-order chi connectivity index (χ1) is 10.1. The summed E-state index contributed by atoms with van der Waals surface area (Å²) in [5, 5.41) is 6.29. The second-order valence-electron chi connectivity index (χ2n) is 4.65. The van der Waals surface area contributed by atoms with Crippen molar-refractivity contribution in [3.63, 3.8) is 0 Å². The maximum Gasteiger partial charge on any atom is 0.319 e. The first kappa shape index (κ1) is 15.7. The molecule has 0 spiro atoms. The van der Waals surface area contributed by atoms with E-state index in [9.17, 15) is 4.79 Å². The lowest BCUT2D eigenvalue weighted by atomic mass is 10.1. The molecule has 0 aliphatic carbocycles. The van der Waals surface area contributed by atoms with Gasteiger partial charge in [-0.15, -0.1) is 0 Å². The topological polar surface area (TPSA) is 41.1 Å². The summed E-state index contributed by atoms with van der Waals surface area (Å²) in [4.78, 5) is 11.9. The maximum absolute atomic E-state index is 11.9. The summed E-state index contributed by atoms with van der Waals surface area (Å²) in [6, 6.07) is 12.9. The number of halogens is 2. The van der Waals surface area contributed by atoms with Crippen LogP contribution in [0.5, 0.6) is 0 Å². The smallest absolute Gasteiger partial charge is 0.319 e. The Morgan fingerprint density at radius 3 is 2.38 bits per heavy atom. The SMILES string of the molecule is Cc1ccccc1CCNC(=O)Nc1c(Cl)cccc1Cl. The van der Waals surface area contributed by atoms with E-state index >= 15 is 0 Å². The molecule has 110 valence electrons. The number of anilines is 1. The van der Waals surface area contributed by atoms with Crippen molar-refractivity contribution >= 4 is 34.9 Å². The van der Waals surface area contributed by atoms with E-state index in [2.05, 4.69) is 29.7 Å². The van der Waals surface area contributed by atoms with E-state index in [1.54, 1.807) is 18.2 Å². The Morgan fingerprint density at radius 2 is 1.71 bits per heavy atom. The lowest BCUT2D eigenvalue weighted by molar-refractivity contribution is 0.252. The van der Waals surface area contributed by atoms with Gasteiger partial charge in [-0.05, 0) is 36.6 Å². The van der Waals surface area contributed by atoms with Crippen LogP contribution in [-0.2, 0) is 6.42 Å². The highest BCUT2D eigenvalue weighted by atomic mass is 35.5. The fourth-order valence-corrected chi connectivity index (χ4v) is 2.47. The highest BCUT2D eigenvalue weighted by molar-refractivity contribution is 6.39. The van der Waals surface area contributed by atoms with Crippen molar-refractivity contribution in [2.45, 2.75) is 13.3 Å². The van der Waals surface area contributed by atoms with Gasteiger partial charge in [0.15, 0.2) is 0 Å². The van der Waals surface area contributed by atoms with Crippen LogP contribution in [0, 0.1) is 6.92 Å². The van der Waals surface area contributed by atoms with E-state index in [1.807, 2.05) is 12.1 Å². The van der Waals surface area contributed by atoms with Crippen LogP contribution >= 0.6 is 23.2 Å². The Morgan fingerprint density at radius 1 is 1.05 bits per heavy atom. The number of rotatable bonds is 4. The number of benzene rings is 2. The summed E-state index contributed by atoms with van der Waals surface area (Å²) in [6.45, 7) is 2.59. The average Bonchev–Trinajstić information content (AvgIpc) is 2.45. The van der Waals surface area contributed by atoms with Crippen molar-refractivity contribution < 1.29 is 4.79 Å². The predicted molar refractivity (Wildman–Crippen MR) is 88.4 cm³/mol. The van der Waals surface area contributed by atoms with E-state index in [0.717, 1.165) is 6.42 Å². The third kappa shape index (κ3) is 4.38. The summed E-state index contributed by atoms with van der Waals surface area (Å²) in [7, 11) is 0. The molecule has 2 N–H and O–H groups in total. The Hall–Kier alpha value is -1.71. The summed E-state index contributed by atoms with van der Waals surface area (Å²) in [5.74, 6) is 0. The van der Waals surface area contributed by atoms with Gasteiger partial charge in [-0.25, -0.2) is 4.79 Å². The second-order valence-corrected chi connectivity index (χ2v) is 5.47. The number of amides is 2. The van der Waals surface area contributed by atoms with Crippen LogP contribution in [0.15, 0.2) is 42.5 Å². The molecule has 0 aromatic heterocycles. The number of aryl methyl sites for hydroxylation is 1. The van der Waals surface area contributed by atoms with Gasteiger partial charge in [0.25, 0.3) is 0 Å². The predicted octanol–water partition coefficient (Wildman–Crippen LogP) is 4.67. The van der Waals surface area contributed by atoms with Crippen LogP contribution in [0.25, 0.3) is 0 Å². The standard InChI is InChI=1S/C16H16Cl2N2O/c1-11-5-2-3-6-12(11)9-10-19-16(21)20-15-13(17)7-4-8-14(15)18/h2-8H,9-10H2,1H3,(H2,19,20,21). The van der Waals surface area contributed by atoms with Crippen molar-refractivity contribution in [3.8, 4) is 0 Å². The van der Waals surface area contributed by atoms with Crippen LogP contribution < -0.4 is 10.6 Å². The number of carbonyl (C=O) groups excluding carboxylic acids is 1. The van der Waals surface area contributed by atoms with Gasteiger partial charge in [-0.2, -0.15) is 0 Å². The van der Waals surface area contributed by atoms with Crippen molar-refractivity contribution in [1.82, 2.24) is 5.32 Å². The minimum absolute atomic E-state index is 0.321. The fourth-order valence-electron chi connectivity index (χ4n) is 1.98. The number of hydrogen-bond donors (Lipinski definition) is 2. The number of hydrogen-bond acceptors (Lipinski definition) is 1. The van der Waals surface area contributed by atoms with Crippen molar-refractivity contribution in [2.75, 3.05) is 11.9 Å². The summed E-state index contributed by atoms with van der Waals surface area (Å²) < 4.78 is 0. The number of carbonyl (C=O) groups is 1. The van der Waals surface area contributed by atoms with Crippen LogP contribution in [0.3, 0.4) is 0 Å². The summed E-state index contributed by atoms with van der Waals surface area (Å²) in [5.41, 5.74) is 2.86. The Kier molecular flexibility index (Phi) is 5.48. The zero-order chi connectivity index (χ0) is 15.2. The molecule has 0 fully saturated rings. The molecule has 0 aliphatic heterocycles. The first-order valence-electron chi connectivity index (χ1n) is 6.61. The van der Waals surface area contributed by atoms with Crippen molar-refractivity contribution in [2.24, 2.45) is 0 Å². The normalized spacial score (nSPS) is 10.2. The molecule has 0 saturated carbocycles. The number of para-hydroxylation sites is 1. The van der Waals surface area contributed by atoms with Gasteiger partial charge in [0, 0.05) is 6.54 Å². The fraction of sp³-hybridized carbons (Fsp3) is 0.188. The van der Waals surface area contributed by atoms with Crippen LogP contribution in [0.4, 0.5) is 10.5 Å². The molecule has 2 amide bonds. The van der Waals surface area contributed by atoms with Gasteiger partial charge in [-0.3, -0.25) is 0 Å². The Labute approximate surface area is 134 Å². The first-order valence-corrected chi connectivity index (χ1v) is 7.37. The van der Waals surface area contributed by atoms with Gasteiger partial charge < -0.3 is 10.6 Å². The van der Waals surface area contributed by atoms with E-state index in [-0.39, 0.29) is 6.03 Å². The van der Waals surface area contributed by atoms with E-state index in [4.69, 9.17) is 23.2 Å². The molecule has 2 aromatic rings. The molecule has 0 atom stereocenters. The molecule has 21 heavy (non-hydrogen) atoms. The largest absolute Gasteiger partial charge is 0.338 e. The molecular weight excluding hydrogens is 307 g/mol. The minimum atomic E-state index is -0.321. The maximum atomic E-state index is 11.9. The molecule has 0 saturated heterocycles. The second kappa shape index (κ2) is 7.34. The molecule has 0 radical (unpaired) electrons. The molecule has 5 heteroatoms. The molecule has 0 heterocycles.